The van der Waals surface area contributed by atoms with Gasteiger partial charge in [-0.05, 0) is 55.9 Å². The highest BCUT2D eigenvalue weighted by atomic mass is 127. The number of rotatable bonds is 8. The predicted octanol–water partition coefficient (Wildman–Crippen LogP) is 4.21. The van der Waals surface area contributed by atoms with Crippen LogP contribution in [0.25, 0.3) is 0 Å². The summed E-state index contributed by atoms with van der Waals surface area (Å²) in [6.07, 6.45) is 5.77. The van der Waals surface area contributed by atoms with Gasteiger partial charge in [0.2, 0.25) is 0 Å². The first-order valence-corrected chi connectivity index (χ1v) is 10.3. The fourth-order valence-electron chi connectivity index (χ4n) is 3.07. The van der Waals surface area contributed by atoms with Crippen molar-refractivity contribution >= 4 is 41.7 Å². The normalized spacial score (nSPS) is 17.3. The Labute approximate surface area is 174 Å². The Balaban J connectivity index is 0.00000312. The lowest BCUT2D eigenvalue weighted by molar-refractivity contribution is 0.414. The lowest BCUT2D eigenvalue weighted by atomic mass is 9.98. The van der Waals surface area contributed by atoms with E-state index < -0.39 is 0 Å². The topological polar surface area (TPSA) is 36.9 Å². The van der Waals surface area contributed by atoms with Crippen LogP contribution in [0.15, 0.2) is 29.3 Å². The second-order valence-corrected chi connectivity index (χ2v) is 7.13. The van der Waals surface area contributed by atoms with Crippen LogP contribution in [0.2, 0.25) is 0 Å². The molecule has 1 aliphatic rings. The molecule has 142 valence electrons. The number of hydrogen-bond donors (Lipinski definition) is 1. The van der Waals surface area contributed by atoms with Crippen molar-refractivity contribution < 1.29 is 4.74 Å². The van der Waals surface area contributed by atoms with E-state index in [-0.39, 0.29) is 24.0 Å². The molecule has 1 unspecified atom stereocenters. The van der Waals surface area contributed by atoms with Gasteiger partial charge in [-0.1, -0.05) is 12.1 Å². The maximum Gasteiger partial charge on any atom is 0.193 e. The zero-order chi connectivity index (χ0) is 17.2. The number of hydrogen-bond acceptors (Lipinski definition) is 3. The van der Waals surface area contributed by atoms with Crippen LogP contribution in [0.4, 0.5) is 0 Å². The molecule has 0 saturated carbocycles. The number of guanidine groups is 1. The largest absolute Gasteiger partial charge is 0.497 e. The first-order chi connectivity index (χ1) is 11.8. The van der Waals surface area contributed by atoms with Crippen molar-refractivity contribution in [2.24, 2.45) is 4.99 Å². The number of nitrogens with one attached hydrogen (secondary N) is 1. The monoisotopic (exact) mass is 477 g/mol. The molecule has 6 heteroatoms. The Bertz CT molecular complexity index is 510. The van der Waals surface area contributed by atoms with Gasteiger partial charge < -0.3 is 15.0 Å². The molecule has 0 radical (unpaired) electrons. The Kier molecular flexibility index (Phi) is 11.4. The molecular weight excluding hydrogens is 445 g/mol. The summed E-state index contributed by atoms with van der Waals surface area (Å²) in [5.74, 6) is 3.82. The van der Waals surface area contributed by atoms with Crippen LogP contribution in [-0.2, 0) is 0 Å². The summed E-state index contributed by atoms with van der Waals surface area (Å²) >= 11 is 1.91. The van der Waals surface area contributed by atoms with Gasteiger partial charge in [0.1, 0.15) is 5.75 Å². The minimum atomic E-state index is 0. The third-order valence-corrected chi connectivity index (χ3v) is 5.12. The van der Waals surface area contributed by atoms with Gasteiger partial charge >= 0.3 is 0 Å². The number of halogens is 1. The maximum atomic E-state index is 5.25. The molecule has 4 nitrogen and oxygen atoms in total. The SMILES string of the molecule is CCNC(=NCCCCSC)N1CCC(c2ccc(OC)cc2)C1.I. The molecule has 25 heavy (non-hydrogen) atoms. The molecule has 0 amide bonds. The molecule has 0 aromatic heterocycles. The predicted molar refractivity (Wildman–Crippen MR) is 121 cm³/mol. The molecule has 1 aliphatic heterocycles. The molecule has 0 aliphatic carbocycles. The Morgan fingerprint density at radius 1 is 1.32 bits per heavy atom. The van der Waals surface area contributed by atoms with Gasteiger partial charge in [0.05, 0.1) is 7.11 Å². The molecule has 2 rings (SSSR count). The van der Waals surface area contributed by atoms with Gasteiger partial charge in [-0.2, -0.15) is 11.8 Å². The van der Waals surface area contributed by atoms with Crippen LogP contribution in [0.5, 0.6) is 5.75 Å². The van der Waals surface area contributed by atoms with Crippen molar-refractivity contribution in [1.82, 2.24) is 10.2 Å². The van der Waals surface area contributed by atoms with Crippen molar-refractivity contribution in [3.05, 3.63) is 29.8 Å². The first kappa shape index (κ1) is 22.4. The fourth-order valence-corrected chi connectivity index (χ4v) is 3.56. The third kappa shape index (κ3) is 7.25. The summed E-state index contributed by atoms with van der Waals surface area (Å²) < 4.78 is 5.25. The molecule has 1 heterocycles. The van der Waals surface area contributed by atoms with Crippen molar-refractivity contribution in [3.63, 3.8) is 0 Å². The molecule has 0 spiro atoms. The fraction of sp³-hybridized carbons (Fsp3) is 0.632. The van der Waals surface area contributed by atoms with E-state index in [4.69, 9.17) is 9.73 Å². The van der Waals surface area contributed by atoms with Crippen LogP contribution in [0, 0.1) is 0 Å². The molecular formula is C19H32IN3OS. The van der Waals surface area contributed by atoms with Crippen LogP contribution >= 0.6 is 35.7 Å². The van der Waals surface area contributed by atoms with Gasteiger partial charge in [0, 0.05) is 32.1 Å². The van der Waals surface area contributed by atoms with E-state index in [1.807, 2.05) is 11.8 Å². The standard InChI is InChI=1S/C19H31N3OS.HI/c1-4-20-19(21-12-5-6-14-24-3)22-13-11-17(15-22)16-7-9-18(23-2)10-8-16;/h7-10,17H,4-6,11-15H2,1-3H3,(H,20,21);1H. The molecule has 1 aromatic carbocycles. The van der Waals surface area contributed by atoms with E-state index >= 15 is 0 Å². The number of likely N-dealkylation sites (tertiary alicyclic amines) is 1. The van der Waals surface area contributed by atoms with E-state index in [0.717, 1.165) is 37.9 Å². The van der Waals surface area contributed by atoms with Crippen LogP contribution in [0.3, 0.4) is 0 Å². The van der Waals surface area contributed by atoms with Gasteiger partial charge in [0.15, 0.2) is 5.96 Å². The third-order valence-electron chi connectivity index (χ3n) is 4.43. The van der Waals surface area contributed by atoms with Gasteiger partial charge in [-0.25, -0.2) is 0 Å². The van der Waals surface area contributed by atoms with Crippen LogP contribution < -0.4 is 10.1 Å². The highest BCUT2D eigenvalue weighted by Gasteiger charge is 2.25. The Morgan fingerprint density at radius 2 is 2.08 bits per heavy atom. The second kappa shape index (κ2) is 12.7. The summed E-state index contributed by atoms with van der Waals surface area (Å²) in [7, 11) is 1.71. The average Bonchev–Trinajstić information content (AvgIpc) is 3.10. The first-order valence-electron chi connectivity index (χ1n) is 8.94. The Hall–Kier alpha value is -0.630. The average molecular weight is 477 g/mol. The lowest BCUT2D eigenvalue weighted by Crippen LogP contribution is -2.40. The summed E-state index contributed by atoms with van der Waals surface area (Å²) in [5, 5.41) is 3.46. The number of nitrogens with zero attached hydrogens (tertiary/aromatic N) is 2. The van der Waals surface area contributed by atoms with Crippen LogP contribution in [0.1, 0.15) is 37.7 Å². The smallest absolute Gasteiger partial charge is 0.193 e. The zero-order valence-corrected chi connectivity index (χ0v) is 18.8. The van der Waals surface area contributed by atoms with Gasteiger partial charge in [0.25, 0.3) is 0 Å². The summed E-state index contributed by atoms with van der Waals surface area (Å²) in [4.78, 5) is 7.23. The lowest BCUT2D eigenvalue weighted by Gasteiger charge is -2.22. The highest BCUT2D eigenvalue weighted by Crippen LogP contribution is 2.28. The maximum absolute atomic E-state index is 5.25. The Morgan fingerprint density at radius 3 is 2.72 bits per heavy atom. The zero-order valence-electron chi connectivity index (χ0n) is 15.7. The quantitative estimate of drug-likeness (QED) is 0.264. The minimum absolute atomic E-state index is 0. The summed E-state index contributed by atoms with van der Waals surface area (Å²) in [6.45, 7) is 6.11. The minimum Gasteiger partial charge on any atom is -0.497 e. The molecule has 1 aromatic rings. The highest BCUT2D eigenvalue weighted by molar-refractivity contribution is 14.0. The number of methoxy groups -OCH3 is 1. The number of aliphatic imine (C=N–C) groups is 1. The number of unbranched alkanes of at least 4 members (excludes halogenated alkanes) is 1. The molecule has 1 N–H and O–H groups in total. The molecule has 1 atom stereocenters. The van der Waals surface area contributed by atoms with E-state index in [0.29, 0.717) is 5.92 Å². The molecule has 1 saturated heterocycles. The van der Waals surface area contributed by atoms with E-state index in [1.54, 1.807) is 7.11 Å². The summed E-state index contributed by atoms with van der Waals surface area (Å²) in [6, 6.07) is 8.50. The van der Waals surface area contributed by atoms with E-state index in [1.165, 1.54) is 30.6 Å². The number of benzene rings is 1. The van der Waals surface area contributed by atoms with Crippen molar-refractivity contribution in [3.8, 4) is 5.75 Å². The van der Waals surface area contributed by atoms with E-state index in [9.17, 15) is 0 Å². The van der Waals surface area contributed by atoms with Crippen molar-refractivity contribution in [2.45, 2.75) is 32.1 Å². The molecule has 0 bridgehead atoms. The summed E-state index contributed by atoms with van der Waals surface area (Å²) in [5.41, 5.74) is 1.40. The number of thioether (sulfide) groups is 1. The van der Waals surface area contributed by atoms with Crippen molar-refractivity contribution in [1.29, 1.82) is 0 Å². The second-order valence-electron chi connectivity index (χ2n) is 6.14. The number of ether oxygens (including phenoxy) is 1. The van der Waals surface area contributed by atoms with Crippen molar-refractivity contribution in [2.75, 3.05) is 45.3 Å². The van der Waals surface area contributed by atoms with Gasteiger partial charge in [-0.3, -0.25) is 4.99 Å². The molecule has 1 fully saturated rings. The van der Waals surface area contributed by atoms with Gasteiger partial charge in [-0.15, -0.1) is 24.0 Å². The van der Waals surface area contributed by atoms with Crippen LogP contribution in [-0.4, -0.2) is 56.2 Å². The van der Waals surface area contributed by atoms with E-state index in [2.05, 4.69) is 47.7 Å².